The van der Waals surface area contributed by atoms with Crippen LogP contribution < -0.4 is 0 Å². The molecule has 0 radical (unpaired) electrons. The largest absolute Gasteiger partial charge is 0.356 e. The molecule has 0 spiro atoms. The number of rotatable bonds is 4. The van der Waals surface area contributed by atoms with Crippen LogP contribution in [0.25, 0.3) is 0 Å². The molecule has 19 heavy (non-hydrogen) atoms. The van der Waals surface area contributed by atoms with Crippen LogP contribution in [0.5, 0.6) is 0 Å². The topological polar surface area (TPSA) is 35.0 Å². The second-order valence-corrected chi connectivity index (χ2v) is 5.30. The van der Waals surface area contributed by atoms with Crippen LogP contribution in [-0.2, 0) is 11.3 Å². The van der Waals surface area contributed by atoms with Crippen LogP contribution >= 0.6 is 15.9 Å². The zero-order chi connectivity index (χ0) is 13.8. The predicted octanol–water partition coefficient (Wildman–Crippen LogP) is 4.01. The standard InChI is InChI=1S/C15H17BrN2O/c1-10-11(2)18-14(12(3)17-10)9-19-15(16)13-7-5-4-6-8-13/h4-8,15H,9H2,1-3H3. The van der Waals surface area contributed by atoms with E-state index in [0.29, 0.717) is 6.61 Å². The molecule has 0 N–H and O–H groups in total. The molecule has 0 amide bonds. The first-order valence-electron chi connectivity index (χ1n) is 6.19. The number of nitrogens with zero attached hydrogens (tertiary/aromatic N) is 2. The second-order valence-electron chi connectivity index (χ2n) is 4.46. The number of aryl methyl sites for hydroxylation is 3. The predicted molar refractivity (Wildman–Crippen MR) is 79.1 cm³/mol. The van der Waals surface area contributed by atoms with Gasteiger partial charge in [-0.1, -0.05) is 46.3 Å². The van der Waals surface area contributed by atoms with Crippen LogP contribution in [0.2, 0.25) is 0 Å². The number of benzene rings is 1. The van der Waals surface area contributed by atoms with Crippen LogP contribution in [0.3, 0.4) is 0 Å². The van der Waals surface area contributed by atoms with Gasteiger partial charge in [0.1, 0.15) is 5.01 Å². The van der Waals surface area contributed by atoms with Crippen LogP contribution in [-0.4, -0.2) is 9.97 Å². The van der Waals surface area contributed by atoms with Crippen LogP contribution in [0.1, 0.15) is 33.4 Å². The Bertz CT molecular complexity index is 558. The van der Waals surface area contributed by atoms with Gasteiger partial charge in [-0.05, 0) is 26.3 Å². The molecule has 0 aliphatic carbocycles. The van der Waals surface area contributed by atoms with E-state index in [1.54, 1.807) is 0 Å². The summed E-state index contributed by atoms with van der Waals surface area (Å²) in [5.41, 5.74) is 4.84. The molecule has 3 nitrogen and oxygen atoms in total. The Morgan fingerprint density at radius 3 is 2.32 bits per heavy atom. The Morgan fingerprint density at radius 1 is 1.00 bits per heavy atom. The summed E-state index contributed by atoms with van der Waals surface area (Å²) in [5.74, 6) is 0. The highest BCUT2D eigenvalue weighted by Crippen LogP contribution is 2.25. The third-order valence-electron chi connectivity index (χ3n) is 3.01. The number of ether oxygens (including phenoxy) is 1. The first kappa shape index (κ1) is 14.2. The smallest absolute Gasteiger partial charge is 0.138 e. The van der Waals surface area contributed by atoms with Crippen molar-refractivity contribution in [1.82, 2.24) is 9.97 Å². The Labute approximate surface area is 122 Å². The van der Waals surface area contributed by atoms with Gasteiger partial charge in [-0.3, -0.25) is 9.97 Å². The van der Waals surface area contributed by atoms with E-state index in [4.69, 9.17) is 4.74 Å². The molecule has 100 valence electrons. The lowest BCUT2D eigenvalue weighted by atomic mass is 10.2. The minimum absolute atomic E-state index is 0.128. The lowest BCUT2D eigenvalue weighted by Crippen LogP contribution is -2.06. The molecule has 0 saturated carbocycles. The molecule has 1 aromatic carbocycles. The van der Waals surface area contributed by atoms with Gasteiger partial charge in [0.25, 0.3) is 0 Å². The first-order chi connectivity index (χ1) is 9.08. The van der Waals surface area contributed by atoms with Crippen molar-refractivity contribution in [2.45, 2.75) is 32.4 Å². The molecule has 0 aliphatic rings. The summed E-state index contributed by atoms with van der Waals surface area (Å²) in [4.78, 5) is 9.00. The van der Waals surface area contributed by atoms with E-state index < -0.39 is 0 Å². The van der Waals surface area contributed by atoms with Gasteiger partial charge >= 0.3 is 0 Å². The molecule has 1 heterocycles. The van der Waals surface area contributed by atoms with E-state index in [-0.39, 0.29) is 5.01 Å². The van der Waals surface area contributed by atoms with Gasteiger partial charge in [0.05, 0.1) is 29.4 Å². The Hall–Kier alpha value is -1.26. The molecule has 2 rings (SSSR count). The fraction of sp³-hybridized carbons (Fsp3) is 0.333. The lowest BCUT2D eigenvalue weighted by Gasteiger charge is -2.13. The first-order valence-corrected chi connectivity index (χ1v) is 7.11. The fourth-order valence-corrected chi connectivity index (χ4v) is 2.19. The molecule has 0 saturated heterocycles. The minimum Gasteiger partial charge on any atom is -0.356 e. The maximum absolute atomic E-state index is 5.80. The number of aromatic nitrogens is 2. The molecule has 0 fully saturated rings. The molecule has 0 bridgehead atoms. The third kappa shape index (κ3) is 3.61. The zero-order valence-electron chi connectivity index (χ0n) is 11.4. The van der Waals surface area contributed by atoms with Gasteiger partial charge in [0.2, 0.25) is 0 Å². The lowest BCUT2D eigenvalue weighted by molar-refractivity contribution is 0.101. The quantitative estimate of drug-likeness (QED) is 0.798. The Morgan fingerprint density at radius 2 is 1.63 bits per heavy atom. The fourth-order valence-electron chi connectivity index (χ4n) is 1.75. The van der Waals surface area contributed by atoms with Crippen molar-refractivity contribution in [3.63, 3.8) is 0 Å². The van der Waals surface area contributed by atoms with E-state index in [9.17, 15) is 0 Å². The van der Waals surface area contributed by atoms with E-state index in [1.807, 2.05) is 51.1 Å². The van der Waals surface area contributed by atoms with Crippen molar-refractivity contribution in [2.75, 3.05) is 0 Å². The van der Waals surface area contributed by atoms with E-state index in [2.05, 4.69) is 25.9 Å². The highest BCUT2D eigenvalue weighted by Gasteiger charge is 2.10. The summed E-state index contributed by atoms with van der Waals surface area (Å²) in [6.07, 6.45) is 0. The van der Waals surface area contributed by atoms with E-state index in [0.717, 1.165) is 28.3 Å². The van der Waals surface area contributed by atoms with Crippen molar-refractivity contribution in [1.29, 1.82) is 0 Å². The molecular weight excluding hydrogens is 304 g/mol. The minimum atomic E-state index is -0.128. The van der Waals surface area contributed by atoms with Gasteiger partial charge in [0.15, 0.2) is 0 Å². The molecule has 2 aromatic rings. The van der Waals surface area contributed by atoms with Crippen molar-refractivity contribution in [3.05, 3.63) is 58.7 Å². The summed E-state index contributed by atoms with van der Waals surface area (Å²) < 4.78 is 5.80. The second kappa shape index (κ2) is 6.26. The third-order valence-corrected chi connectivity index (χ3v) is 3.80. The van der Waals surface area contributed by atoms with Gasteiger partial charge in [-0.2, -0.15) is 0 Å². The average molecular weight is 321 g/mol. The van der Waals surface area contributed by atoms with Crippen LogP contribution in [0.15, 0.2) is 30.3 Å². The Balaban J connectivity index is 2.05. The van der Waals surface area contributed by atoms with E-state index >= 15 is 0 Å². The Kier molecular flexibility index (Phi) is 4.66. The van der Waals surface area contributed by atoms with Crippen LogP contribution in [0.4, 0.5) is 0 Å². The van der Waals surface area contributed by atoms with Gasteiger partial charge in [0, 0.05) is 0 Å². The molecule has 1 aromatic heterocycles. The number of hydrogen-bond donors (Lipinski definition) is 0. The maximum atomic E-state index is 5.80. The normalized spacial score (nSPS) is 12.4. The van der Waals surface area contributed by atoms with Gasteiger partial charge in [-0.15, -0.1) is 0 Å². The van der Waals surface area contributed by atoms with Crippen molar-refractivity contribution >= 4 is 15.9 Å². The molecular formula is C15H17BrN2O. The number of hydrogen-bond acceptors (Lipinski definition) is 3. The van der Waals surface area contributed by atoms with E-state index in [1.165, 1.54) is 0 Å². The highest BCUT2D eigenvalue weighted by atomic mass is 79.9. The van der Waals surface area contributed by atoms with Gasteiger partial charge in [-0.25, -0.2) is 0 Å². The molecule has 1 atom stereocenters. The summed E-state index contributed by atoms with van der Waals surface area (Å²) in [6, 6.07) is 10.0. The zero-order valence-corrected chi connectivity index (χ0v) is 12.9. The average Bonchev–Trinajstić information content (AvgIpc) is 2.42. The number of halogens is 1. The summed E-state index contributed by atoms with van der Waals surface area (Å²) >= 11 is 3.53. The summed E-state index contributed by atoms with van der Waals surface area (Å²) in [5, 5.41) is -0.128. The van der Waals surface area contributed by atoms with Crippen molar-refractivity contribution in [3.8, 4) is 0 Å². The molecule has 0 aliphatic heterocycles. The molecule has 4 heteroatoms. The number of alkyl halides is 1. The summed E-state index contributed by atoms with van der Waals surface area (Å²) in [6.45, 7) is 6.35. The monoisotopic (exact) mass is 320 g/mol. The summed E-state index contributed by atoms with van der Waals surface area (Å²) in [7, 11) is 0. The molecule has 1 unspecified atom stereocenters. The van der Waals surface area contributed by atoms with Crippen molar-refractivity contribution in [2.24, 2.45) is 0 Å². The SMILES string of the molecule is Cc1nc(C)c(COC(Br)c2ccccc2)nc1C. The highest BCUT2D eigenvalue weighted by molar-refractivity contribution is 9.09. The maximum Gasteiger partial charge on any atom is 0.138 e. The van der Waals surface area contributed by atoms with Crippen LogP contribution in [0, 0.1) is 20.8 Å². The van der Waals surface area contributed by atoms with Gasteiger partial charge < -0.3 is 4.74 Å². The van der Waals surface area contributed by atoms with Crippen molar-refractivity contribution < 1.29 is 4.74 Å².